The predicted molar refractivity (Wildman–Crippen MR) is 101 cm³/mol. The number of anilines is 1. The molecule has 0 spiro atoms. The van der Waals surface area contributed by atoms with Gasteiger partial charge in [-0.2, -0.15) is 0 Å². The number of benzene rings is 2. The van der Waals surface area contributed by atoms with E-state index in [2.05, 4.69) is 39.8 Å². The van der Waals surface area contributed by atoms with Crippen LogP contribution in [0, 0.1) is 5.82 Å². The molecule has 0 fully saturated rings. The number of nitrogens with one attached hydrogen (secondary N) is 2. The molecular weight excluding hydrogens is 345 g/mol. The summed E-state index contributed by atoms with van der Waals surface area (Å²) in [6.07, 6.45) is 0.873. The van der Waals surface area contributed by atoms with Crippen LogP contribution in [0.2, 0.25) is 0 Å². The maximum atomic E-state index is 13.6. The van der Waals surface area contributed by atoms with E-state index >= 15 is 0 Å². The van der Waals surface area contributed by atoms with Gasteiger partial charge in [0.05, 0.1) is 5.92 Å². The van der Waals surface area contributed by atoms with E-state index < -0.39 is 11.7 Å². The van der Waals surface area contributed by atoms with E-state index in [1.807, 2.05) is 0 Å². The van der Waals surface area contributed by atoms with Crippen molar-refractivity contribution in [2.45, 2.75) is 31.8 Å². The summed E-state index contributed by atoms with van der Waals surface area (Å²) in [5.74, 6) is -1.48. The molecule has 0 saturated heterocycles. The third-order valence-corrected chi connectivity index (χ3v) is 5.23. The molecule has 0 aliphatic carbocycles. The number of amides is 2. The van der Waals surface area contributed by atoms with Gasteiger partial charge >= 0.3 is 0 Å². The van der Waals surface area contributed by atoms with E-state index in [0.717, 1.165) is 26.1 Å². The predicted octanol–water partition coefficient (Wildman–Crippen LogP) is 2.77. The van der Waals surface area contributed by atoms with E-state index in [1.165, 1.54) is 29.3 Å². The van der Waals surface area contributed by atoms with E-state index in [9.17, 15) is 14.0 Å². The lowest BCUT2D eigenvalue weighted by Crippen LogP contribution is -2.36. The van der Waals surface area contributed by atoms with Crippen molar-refractivity contribution in [1.29, 1.82) is 0 Å². The lowest BCUT2D eigenvalue weighted by atomic mass is 9.89. The summed E-state index contributed by atoms with van der Waals surface area (Å²) in [5.41, 5.74) is 3.80. The first kappa shape index (κ1) is 17.7. The molecule has 2 N–H and O–H groups in total. The molecule has 2 aliphatic heterocycles. The Labute approximate surface area is 157 Å². The molecule has 27 heavy (non-hydrogen) atoms. The highest BCUT2D eigenvalue weighted by Gasteiger charge is 2.30. The number of hydrogen-bond donors (Lipinski definition) is 2. The minimum Gasteiger partial charge on any atom is -0.356 e. The summed E-state index contributed by atoms with van der Waals surface area (Å²) in [6.45, 7) is 3.32. The average Bonchev–Trinajstić information content (AvgIpc) is 3.07. The zero-order valence-electron chi connectivity index (χ0n) is 15.0. The van der Waals surface area contributed by atoms with Crippen molar-refractivity contribution in [2.75, 3.05) is 18.4 Å². The SMILES string of the molecule is O=C1C[C@H](C(=O)NCCCN2Cc3ccccc3C2)c2cc(F)ccc2N1. The molecule has 2 heterocycles. The minimum absolute atomic E-state index is 0.0454. The first-order valence-electron chi connectivity index (χ1n) is 9.26. The van der Waals surface area contributed by atoms with Crippen LogP contribution in [0.25, 0.3) is 0 Å². The molecule has 0 aromatic heterocycles. The summed E-state index contributed by atoms with van der Waals surface area (Å²) in [5, 5.41) is 5.60. The summed E-state index contributed by atoms with van der Waals surface area (Å²) in [4.78, 5) is 26.8. The fraction of sp³-hybridized carbons (Fsp3) is 0.333. The summed E-state index contributed by atoms with van der Waals surface area (Å²) >= 11 is 0. The topological polar surface area (TPSA) is 61.4 Å². The maximum Gasteiger partial charge on any atom is 0.228 e. The Morgan fingerprint density at radius 2 is 1.93 bits per heavy atom. The second kappa shape index (κ2) is 7.48. The smallest absolute Gasteiger partial charge is 0.228 e. The molecule has 0 bridgehead atoms. The van der Waals surface area contributed by atoms with Crippen molar-refractivity contribution >= 4 is 17.5 Å². The number of fused-ring (bicyclic) bond motifs is 2. The van der Waals surface area contributed by atoms with Gasteiger partial charge in [-0.1, -0.05) is 24.3 Å². The van der Waals surface area contributed by atoms with Gasteiger partial charge in [0, 0.05) is 38.3 Å². The summed E-state index contributed by atoms with van der Waals surface area (Å²) in [7, 11) is 0. The maximum absolute atomic E-state index is 13.6. The van der Waals surface area contributed by atoms with Gasteiger partial charge in [0.2, 0.25) is 11.8 Å². The van der Waals surface area contributed by atoms with Crippen LogP contribution in [0.3, 0.4) is 0 Å². The second-order valence-electron chi connectivity index (χ2n) is 7.16. The van der Waals surface area contributed by atoms with Gasteiger partial charge in [0.1, 0.15) is 5.82 Å². The number of hydrogen-bond acceptors (Lipinski definition) is 3. The van der Waals surface area contributed by atoms with Crippen LogP contribution in [0.4, 0.5) is 10.1 Å². The molecule has 1 atom stereocenters. The zero-order valence-corrected chi connectivity index (χ0v) is 15.0. The quantitative estimate of drug-likeness (QED) is 0.799. The van der Waals surface area contributed by atoms with Gasteiger partial charge in [-0.15, -0.1) is 0 Å². The molecular formula is C21H22FN3O2. The number of halogens is 1. The van der Waals surface area contributed by atoms with Crippen LogP contribution in [-0.2, 0) is 22.7 Å². The standard InChI is InChI=1S/C21H22FN3O2/c22-16-6-7-19-17(10-16)18(11-20(26)24-19)21(27)23-8-3-9-25-12-14-4-1-2-5-15(14)13-25/h1-2,4-7,10,18H,3,8-9,11-13H2,(H,23,27)(H,24,26)/t18-/m0/s1. The molecule has 0 radical (unpaired) electrons. The van der Waals surface area contributed by atoms with E-state index in [4.69, 9.17) is 0 Å². The largest absolute Gasteiger partial charge is 0.356 e. The molecule has 2 aromatic carbocycles. The first-order valence-corrected chi connectivity index (χ1v) is 9.26. The fourth-order valence-electron chi connectivity index (χ4n) is 3.87. The Bertz CT molecular complexity index is 858. The van der Waals surface area contributed by atoms with E-state index in [0.29, 0.717) is 17.8 Å². The molecule has 5 nitrogen and oxygen atoms in total. The molecule has 4 rings (SSSR count). The van der Waals surface area contributed by atoms with Crippen molar-refractivity contribution in [2.24, 2.45) is 0 Å². The number of rotatable bonds is 5. The Hall–Kier alpha value is -2.73. The molecule has 2 aromatic rings. The molecule has 0 saturated carbocycles. The van der Waals surface area contributed by atoms with Crippen LogP contribution in [0.1, 0.15) is 35.4 Å². The van der Waals surface area contributed by atoms with Crippen LogP contribution in [0.15, 0.2) is 42.5 Å². The minimum atomic E-state index is -0.638. The fourth-order valence-corrected chi connectivity index (χ4v) is 3.87. The van der Waals surface area contributed by atoms with Crippen LogP contribution < -0.4 is 10.6 Å². The van der Waals surface area contributed by atoms with Crippen LogP contribution in [0.5, 0.6) is 0 Å². The second-order valence-corrected chi connectivity index (χ2v) is 7.16. The van der Waals surface area contributed by atoms with Gasteiger partial charge in [-0.3, -0.25) is 14.5 Å². The summed E-state index contributed by atoms with van der Waals surface area (Å²) < 4.78 is 13.6. The van der Waals surface area contributed by atoms with Gasteiger partial charge in [-0.25, -0.2) is 4.39 Å². The highest BCUT2D eigenvalue weighted by molar-refractivity contribution is 6.01. The first-order chi connectivity index (χ1) is 13.1. The Balaban J connectivity index is 1.29. The Morgan fingerprint density at radius 3 is 2.67 bits per heavy atom. The van der Waals surface area contributed by atoms with E-state index in [-0.39, 0.29) is 18.2 Å². The lowest BCUT2D eigenvalue weighted by molar-refractivity contribution is -0.126. The third-order valence-electron chi connectivity index (χ3n) is 5.23. The monoisotopic (exact) mass is 367 g/mol. The zero-order chi connectivity index (χ0) is 18.8. The lowest BCUT2D eigenvalue weighted by Gasteiger charge is -2.25. The van der Waals surface area contributed by atoms with E-state index in [1.54, 1.807) is 0 Å². The van der Waals surface area contributed by atoms with Crippen molar-refractivity contribution in [3.63, 3.8) is 0 Å². The highest BCUT2D eigenvalue weighted by Crippen LogP contribution is 2.32. The number of nitrogens with zero attached hydrogens (tertiary/aromatic N) is 1. The number of carbonyl (C=O) groups is 2. The molecule has 140 valence electrons. The molecule has 0 unspecified atom stereocenters. The normalized spacial score (nSPS) is 18.6. The molecule has 2 aliphatic rings. The van der Waals surface area contributed by atoms with Gasteiger partial charge < -0.3 is 10.6 Å². The molecule has 6 heteroatoms. The highest BCUT2D eigenvalue weighted by atomic mass is 19.1. The van der Waals surface area contributed by atoms with Crippen molar-refractivity contribution in [1.82, 2.24) is 10.2 Å². The van der Waals surface area contributed by atoms with Crippen molar-refractivity contribution in [3.8, 4) is 0 Å². The van der Waals surface area contributed by atoms with Crippen LogP contribution >= 0.6 is 0 Å². The van der Waals surface area contributed by atoms with Gasteiger partial charge in [0.25, 0.3) is 0 Å². The Kier molecular flexibility index (Phi) is 4.90. The third kappa shape index (κ3) is 3.85. The summed E-state index contributed by atoms with van der Waals surface area (Å²) in [6, 6.07) is 12.6. The van der Waals surface area contributed by atoms with Gasteiger partial charge in [-0.05, 0) is 41.3 Å². The average molecular weight is 367 g/mol. The van der Waals surface area contributed by atoms with Crippen molar-refractivity contribution in [3.05, 3.63) is 65.0 Å². The molecule has 2 amide bonds. The van der Waals surface area contributed by atoms with Crippen molar-refractivity contribution < 1.29 is 14.0 Å². The Morgan fingerprint density at radius 1 is 1.19 bits per heavy atom. The van der Waals surface area contributed by atoms with Gasteiger partial charge in [0.15, 0.2) is 0 Å². The van der Waals surface area contributed by atoms with Crippen LogP contribution in [-0.4, -0.2) is 29.8 Å². The number of carbonyl (C=O) groups excluding carboxylic acids is 2.